The zero-order chi connectivity index (χ0) is 18.4. The molecule has 134 valence electrons. The SMILES string of the molecule is COC(=O)c1cccc(CN2CCC(CSc3ccccc3)C2)c1C#N. The average Bonchev–Trinajstić information content (AvgIpc) is 3.13. The third kappa shape index (κ3) is 4.46. The monoisotopic (exact) mass is 366 g/mol. The Morgan fingerprint density at radius 2 is 2.08 bits per heavy atom. The van der Waals surface area contributed by atoms with Crippen molar-refractivity contribution in [3.05, 3.63) is 65.2 Å². The smallest absolute Gasteiger partial charge is 0.339 e. The Bertz CT molecular complexity index is 801. The first kappa shape index (κ1) is 18.5. The molecule has 0 aliphatic carbocycles. The van der Waals surface area contributed by atoms with Crippen molar-refractivity contribution < 1.29 is 9.53 Å². The zero-order valence-corrected chi connectivity index (χ0v) is 15.7. The normalized spacial score (nSPS) is 17.0. The Hall–Kier alpha value is -2.29. The van der Waals surface area contributed by atoms with Crippen LogP contribution in [0, 0.1) is 17.2 Å². The molecule has 1 aliphatic heterocycles. The highest BCUT2D eigenvalue weighted by Crippen LogP contribution is 2.27. The quantitative estimate of drug-likeness (QED) is 0.572. The van der Waals surface area contributed by atoms with Crippen LogP contribution in [0.15, 0.2) is 53.4 Å². The minimum atomic E-state index is -0.457. The van der Waals surface area contributed by atoms with E-state index >= 15 is 0 Å². The lowest BCUT2D eigenvalue weighted by Crippen LogP contribution is -2.22. The summed E-state index contributed by atoms with van der Waals surface area (Å²) in [6.07, 6.45) is 1.17. The number of methoxy groups -OCH3 is 1. The van der Waals surface area contributed by atoms with Gasteiger partial charge in [0.05, 0.1) is 18.2 Å². The largest absolute Gasteiger partial charge is 0.465 e. The number of ether oxygens (including phenoxy) is 1. The first-order valence-corrected chi connectivity index (χ1v) is 9.70. The summed E-state index contributed by atoms with van der Waals surface area (Å²) in [6, 6.07) is 18.1. The molecule has 0 amide bonds. The molecule has 0 radical (unpaired) electrons. The average molecular weight is 366 g/mol. The molecule has 3 rings (SSSR count). The lowest BCUT2D eigenvalue weighted by Gasteiger charge is -2.17. The first-order chi connectivity index (χ1) is 12.7. The van der Waals surface area contributed by atoms with Crippen LogP contribution in [0.2, 0.25) is 0 Å². The maximum absolute atomic E-state index is 11.9. The number of benzene rings is 2. The van der Waals surface area contributed by atoms with Crippen LogP contribution in [0.25, 0.3) is 0 Å². The topological polar surface area (TPSA) is 53.3 Å². The van der Waals surface area contributed by atoms with E-state index in [0.29, 0.717) is 23.6 Å². The van der Waals surface area contributed by atoms with Crippen molar-refractivity contribution in [2.45, 2.75) is 17.9 Å². The molecule has 1 aliphatic rings. The summed E-state index contributed by atoms with van der Waals surface area (Å²) in [6.45, 7) is 2.74. The van der Waals surface area contributed by atoms with E-state index in [0.717, 1.165) is 24.4 Å². The fourth-order valence-corrected chi connectivity index (χ4v) is 4.36. The number of carbonyl (C=O) groups is 1. The molecule has 4 nitrogen and oxygen atoms in total. The van der Waals surface area contributed by atoms with Crippen LogP contribution >= 0.6 is 11.8 Å². The van der Waals surface area contributed by atoms with Gasteiger partial charge in [0.15, 0.2) is 0 Å². The third-order valence-corrected chi connectivity index (χ3v) is 5.90. The van der Waals surface area contributed by atoms with Gasteiger partial charge in [0.2, 0.25) is 0 Å². The molecule has 0 N–H and O–H groups in total. The number of esters is 1. The third-order valence-electron chi connectivity index (χ3n) is 4.66. The molecule has 1 saturated heterocycles. The van der Waals surface area contributed by atoms with Crippen molar-refractivity contribution in [1.82, 2.24) is 4.90 Å². The minimum absolute atomic E-state index is 0.350. The van der Waals surface area contributed by atoms with Crippen LogP contribution in [0.3, 0.4) is 0 Å². The molecule has 0 spiro atoms. The summed E-state index contributed by atoms with van der Waals surface area (Å²) < 4.78 is 4.79. The number of nitriles is 1. The van der Waals surface area contributed by atoms with Crippen LogP contribution < -0.4 is 0 Å². The number of nitrogens with zero attached hydrogens (tertiary/aromatic N) is 2. The van der Waals surface area contributed by atoms with Crippen LogP contribution in [0.1, 0.15) is 27.9 Å². The van der Waals surface area contributed by atoms with Crippen LogP contribution in [0.4, 0.5) is 0 Å². The zero-order valence-electron chi connectivity index (χ0n) is 14.9. The number of thioether (sulfide) groups is 1. The second kappa shape index (κ2) is 8.88. The van der Waals surface area contributed by atoms with Gasteiger partial charge in [-0.3, -0.25) is 4.90 Å². The van der Waals surface area contributed by atoms with Crippen LogP contribution in [-0.2, 0) is 11.3 Å². The number of likely N-dealkylation sites (tertiary alicyclic amines) is 1. The van der Waals surface area contributed by atoms with Gasteiger partial charge in [0.1, 0.15) is 6.07 Å². The lowest BCUT2D eigenvalue weighted by atomic mass is 10.0. The van der Waals surface area contributed by atoms with Gasteiger partial charge in [-0.1, -0.05) is 30.3 Å². The molecule has 1 unspecified atom stereocenters. The Morgan fingerprint density at radius 3 is 2.81 bits per heavy atom. The molecule has 2 aromatic carbocycles. The standard InChI is InChI=1S/C21H22N2O2S/c1-25-21(24)19-9-5-6-17(20(19)12-22)14-23-11-10-16(13-23)15-26-18-7-3-2-4-8-18/h2-9,16H,10-11,13-15H2,1H3. The van der Waals surface area contributed by atoms with Gasteiger partial charge in [-0.2, -0.15) is 5.26 Å². The fraction of sp³-hybridized carbons (Fsp3) is 0.333. The van der Waals surface area contributed by atoms with E-state index in [1.54, 1.807) is 6.07 Å². The maximum Gasteiger partial charge on any atom is 0.339 e. The highest BCUT2D eigenvalue weighted by Gasteiger charge is 2.24. The first-order valence-electron chi connectivity index (χ1n) is 8.71. The number of rotatable bonds is 6. The van der Waals surface area contributed by atoms with Crippen molar-refractivity contribution >= 4 is 17.7 Å². The predicted octanol–water partition coefficient (Wildman–Crippen LogP) is 3.96. The summed E-state index contributed by atoms with van der Waals surface area (Å²) in [7, 11) is 1.34. The molecule has 5 heteroatoms. The molecular formula is C21H22N2O2S. The second-order valence-corrected chi connectivity index (χ2v) is 7.55. The van der Waals surface area contributed by atoms with Gasteiger partial charge in [0.25, 0.3) is 0 Å². The molecule has 0 bridgehead atoms. The van der Waals surface area contributed by atoms with Crippen molar-refractivity contribution in [2.75, 3.05) is 26.0 Å². The number of carbonyl (C=O) groups excluding carboxylic acids is 1. The number of hydrogen-bond donors (Lipinski definition) is 0. The second-order valence-electron chi connectivity index (χ2n) is 6.46. The van der Waals surface area contributed by atoms with Crippen molar-refractivity contribution in [3.63, 3.8) is 0 Å². The van der Waals surface area contributed by atoms with E-state index in [2.05, 4.69) is 35.2 Å². The van der Waals surface area contributed by atoms with Gasteiger partial charge in [-0.15, -0.1) is 11.8 Å². The van der Waals surface area contributed by atoms with E-state index in [1.165, 1.54) is 18.4 Å². The van der Waals surface area contributed by atoms with E-state index in [-0.39, 0.29) is 0 Å². The van der Waals surface area contributed by atoms with Crippen molar-refractivity contribution in [3.8, 4) is 6.07 Å². The number of hydrogen-bond acceptors (Lipinski definition) is 5. The Kier molecular flexibility index (Phi) is 6.32. The Morgan fingerprint density at radius 1 is 1.27 bits per heavy atom. The Labute approximate surface area is 158 Å². The molecule has 26 heavy (non-hydrogen) atoms. The fourth-order valence-electron chi connectivity index (χ4n) is 3.31. The summed E-state index contributed by atoms with van der Waals surface area (Å²) in [4.78, 5) is 15.5. The van der Waals surface area contributed by atoms with E-state index in [1.807, 2.05) is 30.0 Å². The van der Waals surface area contributed by atoms with Gasteiger partial charge >= 0.3 is 5.97 Å². The summed E-state index contributed by atoms with van der Waals surface area (Å²) >= 11 is 1.90. The maximum atomic E-state index is 11.9. The van der Waals surface area contributed by atoms with Crippen molar-refractivity contribution in [2.24, 2.45) is 5.92 Å². The lowest BCUT2D eigenvalue weighted by molar-refractivity contribution is 0.0600. The van der Waals surface area contributed by atoms with E-state index in [4.69, 9.17) is 4.74 Å². The Balaban J connectivity index is 1.60. The van der Waals surface area contributed by atoms with Crippen molar-refractivity contribution in [1.29, 1.82) is 5.26 Å². The van der Waals surface area contributed by atoms with Gasteiger partial charge < -0.3 is 4.74 Å². The predicted molar refractivity (Wildman–Crippen MR) is 103 cm³/mol. The molecule has 0 aromatic heterocycles. The van der Waals surface area contributed by atoms with Gasteiger partial charge in [-0.05, 0) is 42.6 Å². The molecule has 1 fully saturated rings. The molecule has 1 atom stereocenters. The highest BCUT2D eigenvalue weighted by atomic mass is 32.2. The highest BCUT2D eigenvalue weighted by molar-refractivity contribution is 7.99. The van der Waals surface area contributed by atoms with Crippen LogP contribution in [0.5, 0.6) is 0 Å². The molecule has 1 heterocycles. The minimum Gasteiger partial charge on any atom is -0.465 e. The van der Waals surface area contributed by atoms with E-state index < -0.39 is 5.97 Å². The van der Waals surface area contributed by atoms with Gasteiger partial charge in [0, 0.05) is 23.7 Å². The summed E-state index contributed by atoms with van der Waals surface area (Å²) in [5, 5.41) is 9.50. The summed E-state index contributed by atoms with van der Waals surface area (Å²) in [5.41, 5.74) is 1.68. The van der Waals surface area contributed by atoms with E-state index in [9.17, 15) is 10.1 Å². The molecular weight excluding hydrogens is 344 g/mol. The van der Waals surface area contributed by atoms with Crippen LogP contribution in [-0.4, -0.2) is 36.8 Å². The molecule has 0 saturated carbocycles. The summed E-state index contributed by atoms with van der Waals surface area (Å²) in [5.74, 6) is 1.30. The molecule has 2 aromatic rings. The van der Waals surface area contributed by atoms with Gasteiger partial charge in [-0.25, -0.2) is 4.79 Å².